The number of benzene rings is 1. The molecule has 3 heteroatoms. The molecule has 0 N–H and O–H groups in total. The Morgan fingerprint density at radius 2 is 1.53 bits per heavy atom. The molecule has 1 rings (SSSR count). The maximum absolute atomic E-state index is 12.4. The highest BCUT2D eigenvalue weighted by Crippen LogP contribution is 2.12. The summed E-state index contributed by atoms with van der Waals surface area (Å²) in [4.78, 5) is 0.916. The molecule has 0 aliphatic heterocycles. The predicted molar refractivity (Wildman–Crippen MR) is 74.2 cm³/mol. The van der Waals surface area contributed by atoms with E-state index in [4.69, 9.17) is 0 Å². The molecule has 0 aliphatic rings. The highest BCUT2D eigenvalue weighted by atomic mass is 32.2. The summed E-state index contributed by atoms with van der Waals surface area (Å²) >= 11 is 0. The van der Waals surface area contributed by atoms with Crippen LogP contribution in [-0.4, -0.2) is 21.6 Å². The SMILES string of the molecule is CCCCN(CCCC)S(=O)c1ccccc1. The average molecular weight is 253 g/mol. The largest absolute Gasteiger partial charge is 0.237 e. The van der Waals surface area contributed by atoms with Gasteiger partial charge in [-0.05, 0) is 25.0 Å². The highest BCUT2D eigenvalue weighted by molar-refractivity contribution is 7.82. The summed E-state index contributed by atoms with van der Waals surface area (Å²) in [6.45, 7) is 6.20. The Bertz CT molecular complexity index is 318. The van der Waals surface area contributed by atoms with E-state index >= 15 is 0 Å². The van der Waals surface area contributed by atoms with Gasteiger partial charge in [-0.15, -0.1) is 0 Å². The van der Waals surface area contributed by atoms with Gasteiger partial charge in [0.2, 0.25) is 0 Å². The predicted octanol–water partition coefficient (Wildman–Crippen LogP) is 3.61. The maximum atomic E-state index is 12.4. The zero-order chi connectivity index (χ0) is 12.5. The molecule has 2 nitrogen and oxygen atoms in total. The lowest BCUT2D eigenvalue weighted by atomic mass is 10.3. The van der Waals surface area contributed by atoms with Crippen LogP contribution in [0.25, 0.3) is 0 Å². The van der Waals surface area contributed by atoms with E-state index in [2.05, 4.69) is 18.2 Å². The molecule has 0 saturated carbocycles. The van der Waals surface area contributed by atoms with Crippen molar-refractivity contribution in [3.63, 3.8) is 0 Å². The van der Waals surface area contributed by atoms with E-state index in [0.29, 0.717) is 0 Å². The number of nitrogens with zero attached hydrogens (tertiary/aromatic N) is 1. The van der Waals surface area contributed by atoms with E-state index < -0.39 is 11.0 Å². The third kappa shape index (κ3) is 5.00. The molecule has 96 valence electrons. The first-order valence-corrected chi connectivity index (χ1v) is 7.62. The van der Waals surface area contributed by atoms with Gasteiger partial charge in [0.1, 0.15) is 11.0 Å². The lowest BCUT2D eigenvalue weighted by Gasteiger charge is -2.20. The molecule has 0 aliphatic carbocycles. The summed E-state index contributed by atoms with van der Waals surface area (Å²) in [5, 5.41) is 0. The molecule has 0 aromatic heterocycles. The first-order chi connectivity index (χ1) is 8.29. The smallest absolute Gasteiger partial charge is 0.127 e. The third-order valence-electron chi connectivity index (χ3n) is 2.70. The molecule has 0 fully saturated rings. The lowest BCUT2D eigenvalue weighted by molar-refractivity contribution is 0.423. The van der Waals surface area contributed by atoms with Crippen LogP contribution in [0.3, 0.4) is 0 Å². The van der Waals surface area contributed by atoms with Gasteiger partial charge in [-0.1, -0.05) is 44.9 Å². The van der Waals surface area contributed by atoms with Crippen LogP contribution in [0.4, 0.5) is 0 Å². The summed E-state index contributed by atoms with van der Waals surface area (Å²) in [5.74, 6) is 0. The fourth-order valence-corrected chi connectivity index (χ4v) is 2.91. The molecule has 1 unspecified atom stereocenters. The Morgan fingerprint density at radius 1 is 1.00 bits per heavy atom. The molecular weight excluding hydrogens is 230 g/mol. The second-order valence-corrected chi connectivity index (χ2v) is 5.68. The van der Waals surface area contributed by atoms with E-state index in [1.165, 1.54) is 0 Å². The molecule has 0 amide bonds. The van der Waals surface area contributed by atoms with Crippen LogP contribution in [-0.2, 0) is 11.0 Å². The fraction of sp³-hybridized carbons (Fsp3) is 0.571. The number of rotatable bonds is 8. The van der Waals surface area contributed by atoms with Crippen LogP contribution in [0.15, 0.2) is 35.2 Å². The minimum absolute atomic E-state index is 0.916. The van der Waals surface area contributed by atoms with Crippen molar-refractivity contribution in [2.24, 2.45) is 0 Å². The topological polar surface area (TPSA) is 20.3 Å². The van der Waals surface area contributed by atoms with Crippen molar-refractivity contribution in [1.82, 2.24) is 4.31 Å². The van der Waals surface area contributed by atoms with Crippen molar-refractivity contribution in [2.45, 2.75) is 44.4 Å². The standard InChI is InChI=1S/C14H23NOS/c1-3-5-12-15(13-6-4-2)17(16)14-10-8-7-9-11-14/h7-11H,3-6,12-13H2,1-2H3. The normalized spacial score (nSPS) is 12.9. The van der Waals surface area contributed by atoms with Gasteiger partial charge in [0.15, 0.2) is 0 Å². The number of hydrogen-bond acceptors (Lipinski definition) is 1. The number of hydrogen-bond donors (Lipinski definition) is 0. The summed E-state index contributed by atoms with van der Waals surface area (Å²) in [6.07, 6.45) is 4.52. The Balaban J connectivity index is 2.64. The van der Waals surface area contributed by atoms with Gasteiger partial charge in [0.05, 0.1) is 4.90 Å². The molecule has 0 bridgehead atoms. The first kappa shape index (κ1) is 14.4. The highest BCUT2D eigenvalue weighted by Gasteiger charge is 2.13. The van der Waals surface area contributed by atoms with Crippen LogP contribution >= 0.6 is 0 Å². The van der Waals surface area contributed by atoms with Gasteiger partial charge in [-0.2, -0.15) is 0 Å². The average Bonchev–Trinajstić information content (AvgIpc) is 2.39. The Morgan fingerprint density at radius 3 is 2.00 bits per heavy atom. The van der Waals surface area contributed by atoms with Crippen LogP contribution in [0.1, 0.15) is 39.5 Å². The molecular formula is C14H23NOS. The quantitative estimate of drug-likeness (QED) is 0.693. The zero-order valence-corrected chi connectivity index (χ0v) is 11.7. The van der Waals surface area contributed by atoms with Gasteiger partial charge >= 0.3 is 0 Å². The van der Waals surface area contributed by atoms with Crippen molar-refractivity contribution in [3.05, 3.63) is 30.3 Å². The molecule has 1 aromatic carbocycles. The molecule has 0 saturated heterocycles. The van der Waals surface area contributed by atoms with Crippen LogP contribution in [0.5, 0.6) is 0 Å². The van der Waals surface area contributed by atoms with Gasteiger partial charge in [-0.3, -0.25) is 0 Å². The Hall–Kier alpha value is -0.670. The minimum Gasteiger partial charge on any atom is -0.237 e. The van der Waals surface area contributed by atoms with Crippen molar-refractivity contribution >= 4 is 11.0 Å². The molecule has 1 atom stereocenters. The van der Waals surface area contributed by atoms with Gasteiger partial charge in [0, 0.05) is 13.1 Å². The van der Waals surface area contributed by atoms with Gasteiger partial charge in [-0.25, -0.2) is 8.51 Å². The van der Waals surface area contributed by atoms with Crippen LogP contribution in [0.2, 0.25) is 0 Å². The second-order valence-electron chi connectivity index (χ2n) is 4.20. The Kier molecular flexibility index (Phi) is 7.13. The van der Waals surface area contributed by atoms with Crippen molar-refractivity contribution < 1.29 is 4.21 Å². The molecule has 0 heterocycles. The third-order valence-corrected chi connectivity index (χ3v) is 4.21. The summed E-state index contributed by atoms with van der Waals surface area (Å²) < 4.78 is 14.5. The van der Waals surface area contributed by atoms with Crippen molar-refractivity contribution in [3.8, 4) is 0 Å². The summed E-state index contributed by atoms with van der Waals surface area (Å²) in [6, 6.07) is 9.75. The monoisotopic (exact) mass is 253 g/mol. The maximum Gasteiger partial charge on any atom is 0.127 e. The van der Waals surface area contributed by atoms with Crippen molar-refractivity contribution in [1.29, 1.82) is 0 Å². The lowest BCUT2D eigenvalue weighted by Crippen LogP contribution is -2.28. The Labute approximate surface area is 108 Å². The molecule has 17 heavy (non-hydrogen) atoms. The van der Waals surface area contributed by atoms with Crippen molar-refractivity contribution in [2.75, 3.05) is 13.1 Å². The van der Waals surface area contributed by atoms with E-state index in [9.17, 15) is 4.21 Å². The molecule has 0 radical (unpaired) electrons. The molecule has 1 aromatic rings. The van der Waals surface area contributed by atoms with Crippen LogP contribution < -0.4 is 0 Å². The van der Waals surface area contributed by atoms with Crippen LogP contribution in [0, 0.1) is 0 Å². The summed E-state index contributed by atoms with van der Waals surface area (Å²) in [7, 11) is -0.991. The molecule has 0 spiro atoms. The fourth-order valence-electron chi connectivity index (χ4n) is 1.63. The second kappa shape index (κ2) is 8.43. The van der Waals surface area contributed by atoms with Gasteiger partial charge in [0.25, 0.3) is 0 Å². The van der Waals surface area contributed by atoms with E-state index in [-0.39, 0.29) is 0 Å². The van der Waals surface area contributed by atoms with E-state index in [1.54, 1.807) is 0 Å². The zero-order valence-electron chi connectivity index (χ0n) is 10.9. The van der Waals surface area contributed by atoms with E-state index in [1.807, 2.05) is 30.3 Å². The first-order valence-electron chi connectivity index (χ1n) is 6.51. The number of unbranched alkanes of at least 4 members (excludes halogenated alkanes) is 2. The minimum atomic E-state index is -0.991. The summed E-state index contributed by atoms with van der Waals surface area (Å²) in [5.41, 5.74) is 0. The van der Waals surface area contributed by atoms with E-state index in [0.717, 1.165) is 43.7 Å². The van der Waals surface area contributed by atoms with Gasteiger partial charge < -0.3 is 0 Å².